The van der Waals surface area contributed by atoms with E-state index >= 15 is 0 Å². The predicted molar refractivity (Wildman–Crippen MR) is 61.8 cm³/mol. The number of rotatable bonds is 8. The Kier molecular flexibility index (Phi) is 7.34. The van der Waals surface area contributed by atoms with Crippen LogP contribution in [0.15, 0.2) is 0 Å². The van der Waals surface area contributed by atoms with Gasteiger partial charge in [0.15, 0.2) is 6.29 Å². The molecule has 3 atom stereocenters. The van der Waals surface area contributed by atoms with Gasteiger partial charge in [0.05, 0.1) is 5.60 Å². The SMILES string of the molecule is CC(CCCC(C)(C)O)CC(O)OS(=O)O. The molecule has 0 aliphatic heterocycles. The Bertz CT molecular complexity index is 214. The zero-order valence-electron chi connectivity index (χ0n) is 10.0. The normalized spacial score (nSPS) is 18.1. The second-order valence-electron chi connectivity index (χ2n) is 4.81. The summed E-state index contributed by atoms with van der Waals surface area (Å²) >= 11 is -2.42. The molecule has 0 aromatic carbocycles. The maximum atomic E-state index is 10.2. The molecule has 0 spiro atoms. The summed E-state index contributed by atoms with van der Waals surface area (Å²) in [5.41, 5.74) is -0.665. The van der Waals surface area contributed by atoms with Crippen LogP contribution in [0.3, 0.4) is 0 Å². The molecule has 0 amide bonds. The highest BCUT2D eigenvalue weighted by atomic mass is 32.2. The molecule has 0 aliphatic carbocycles. The summed E-state index contributed by atoms with van der Waals surface area (Å²) in [6.07, 6.45) is 1.49. The molecule has 0 rings (SSSR count). The zero-order chi connectivity index (χ0) is 12.8. The summed E-state index contributed by atoms with van der Waals surface area (Å²) < 4.78 is 22.9. The highest BCUT2D eigenvalue weighted by molar-refractivity contribution is 7.74. The summed E-state index contributed by atoms with van der Waals surface area (Å²) in [6.45, 7) is 5.44. The van der Waals surface area contributed by atoms with Crippen molar-refractivity contribution in [3.63, 3.8) is 0 Å². The second kappa shape index (κ2) is 7.34. The molecule has 0 aliphatic rings. The molecular formula is C10H22O5S. The van der Waals surface area contributed by atoms with E-state index in [0.717, 1.165) is 12.8 Å². The highest BCUT2D eigenvalue weighted by Gasteiger charge is 2.16. The van der Waals surface area contributed by atoms with Gasteiger partial charge in [-0.1, -0.05) is 19.8 Å². The van der Waals surface area contributed by atoms with E-state index in [2.05, 4.69) is 4.18 Å². The Morgan fingerprint density at radius 1 is 1.44 bits per heavy atom. The smallest absolute Gasteiger partial charge is 0.304 e. The molecular weight excluding hydrogens is 232 g/mol. The third kappa shape index (κ3) is 10.5. The summed E-state index contributed by atoms with van der Waals surface area (Å²) in [6, 6.07) is 0. The lowest BCUT2D eigenvalue weighted by Crippen LogP contribution is -2.19. The third-order valence-electron chi connectivity index (χ3n) is 2.28. The van der Waals surface area contributed by atoms with Crippen LogP contribution < -0.4 is 0 Å². The van der Waals surface area contributed by atoms with Crippen molar-refractivity contribution in [2.45, 2.75) is 58.3 Å². The minimum absolute atomic E-state index is 0.181. The van der Waals surface area contributed by atoms with Crippen LogP contribution in [0.4, 0.5) is 0 Å². The number of hydrogen-bond acceptors (Lipinski definition) is 4. The first-order chi connectivity index (χ1) is 7.20. The number of aliphatic hydroxyl groups is 2. The Balaban J connectivity index is 3.66. The lowest BCUT2D eigenvalue weighted by molar-refractivity contribution is -0.0300. The largest absolute Gasteiger partial charge is 0.390 e. The first-order valence-electron chi connectivity index (χ1n) is 5.39. The second-order valence-corrected chi connectivity index (χ2v) is 5.44. The van der Waals surface area contributed by atoms with Crippen molar-refractivity contribution in [3.8, 4) is 0 Å². The van der Waals surface area contributed by atoms with Gasteiger partial charge in [-0.05, 0) is 26.2 Å². The van der Waals surface area contributed by atoms with E-state index < -0.39 is 23.3 Å². The minimum Gasteiger partial charge on any atom is -0.390 e. The van der Waals surface area contributed by atoms with Gasteiger partial charge in [-0.15, -0.1) is 0 Å². The van der Waals surface area contributed by atoms with Crippen LogP contribution in [0, 0.1) is 5.92 Å². The molecule has 0 aromatic rings. The predicted octanol–water partition coefficient (Wildman–Crippen LogP) is 1.43. The third-order valence-corrected chi connectivity index (χ3v) is 2.67. The average Bonchev–Trinajstić information content (AvgIpc) is 1.98. The molecule has 6 heteroatoms. The maximum Gasteiger partial charge on any atom is 0.304 e. The van der Waals surface area contributed by atoms with E-state index in [0.29, 0.717) is 12.8 Å². The summed E-state index contributed by atoms with van der Waals surface area (Å²) in [7, 11) is 0. The molecule has 0 saturated heterocycles. The molecule has 98 valence electrons. The highest BCUT2D eigenvalue weighted by Crippen LogP contribution is 2.19. The molecule has 0 fully saturated rings. The van der Waals surface area contributed by atoms with Crippen molar-refractivity contribution < 1.29 is 23.2 Å². The van der Waals surface area contributed by atoms with Crippen molar-refractivity contribution in [3.05, 3.63) is 0 Å². The Labute approximate surface area is 99.3 Å². The molecule has 3 unspecified atom stereocenters. The quantitative estimate of drug-likeness (QED) is 0.450. The Morgan fingerprint density at radius 3 is 2.44 bits per heavy atom. The standard InChI is InChI=1S/C10H22O5S/c1-8(5-4-6-10(2,3)12)7-9(11)15-16(13)14/h8-9,11-12H,4-7H2,1-3H3,(H,13,14). The maximum absolute atomic E-state index is 10.2. The fourth-order valence-corrected chi connectivity index (χ4v) is 1.75. The van der Waals surface area contributed by atoms with Crippen molar-refractivity contribution in [1.29, 1.82) is 0 Å². The van der Waals surface area contributed by atoms with Crippen molar-refractivity contribution >= 4 is 11.4 Å². The van der Waals surface area contributed by atoms with Gasteiger partial charge in [-0.2, -0.15) is 4.21 Å². The minimum atomic E-state index is -2.42. The fraction of sp³-hybridized carbons (Fsp3) is 1.00. The molecule has 16 heavy (non-hydrogen) atoms. The van der Waals surface area contributed by atoms with Gasteiger partial charge in [0.1, 0.15) is 0 Å². The summed E-state index contributed by atoms with van der Waals surface area (Å²) in [5, 5.41) is 18.7. The van der Waals surface area contributed by atoms with Gasteiger partial charge in [0.2, 0.25) is 0 Å². The molecule has 3 N–H and O–H groups in total. The topological polar surface area (TPSA) is 87.0 Å². The zero-order valence-corrected chi connectivity index (χ0v) is 10.9. The van der Waals surface area contributed by atoms with Crippen molar-refractivity contribution in [2.75, 3.05) is 0 Å². The summed E-state index contributed by atoms with van der Waals surface area (Å²) in [4.78, 5) is 0. The monoisotopic (exact) mass is 254 g/mol. The number of hydrogen-bond donors (Lipinski definition) is 3. The van der Waals surface area contributed by atoms with Crippen LogP contribution >= 0.6 is 0 Å². The first-order valence-corrected chi connectivity index (χ1v) is 6.42. The van der Waals surface area contributed by atoms with Crippen LogP contribution in [0.1, 0.15) is 46.5 Å². The molecule has 0 saturated carbocycles. The van der Waals surface area contributed by atoms with Crippen LogP contribution in [-0.4, -0.2) is 30.9 Å². The fourth-order valence-electron chi connectivity index (χ4n) is 1.48. The van der Waals surface area contributed by atoms with Gasteiger partial charge in [0, 0.05) is 6.42 Å². The van der Waals surface area contributed by atoms with Gasteiger partial charge in [-0.25, -0.2) is 4.18 Å². The molecule has 0 aromatic heterocycles. The van der Waals surface area contributed by atoms with Crippen LogP contribution in [0.5, 0.6) is 0 Å². The van der Waals surface area contributed by atoms with Crippen molar-refractivity contribution in [1.82, 2.24) is 0 Å². The van der Waals surface area contributed by atoms with Crippen LogP contribution in [-0.2, 0) is 15.5 Å². The van der Waals surface area contributed by atoms with Crippen molar-refractivity contribution in [2.24, 2.45) is 5.92 Å². The van der Waals surface area contributed by atoms with Gasteiger partial charge < -0.3 is 10.2 Å². The van der Waals surface area contributed by atoms with E-state index in [9.17, 15) is 14.4 Å². The number of aliphatic hydroxyl groups excluding tert-OH is 1. The van der Waals surface area contributed by atoms with E-state index in [4.69, 9.17) is 4.55 Å². The first kappa shape index (κ1) is 16.0. The molecule has 5 nitrogen and oxygen atoms in total. The lowest BCUT2D eigenvalue weighted by Gasteiger charge is -2.19. The van der Waals surface area contributed by atoms with Gasteiger partial charge in [-0.3, -0.25) is 4.55 Å². The summed E-state index contributed by atoms with van der Waals surface area (Å²) in [5.74, 6) is 0.181. The molecule has 0 radical (unpaired) electrons. The van der Waals surface area contributed by atoms with Gasteiger partial charge in [0.25, 0.3) is 0 Å². The Hall–Kier alpha value is -0.0100. The van der Waals surface area contributed by atoms with Crippen LogP contribution in [0.2, 0.25) is 0 Å². The van der Waals surface area contributed by atoms with E-state index in [1.165, 1.54) is 0 Å². The van der Waals surface area contributed by atoms with E-state index in [-0.39, 0.29) is 5.92 Å². The molecule has 0 bridgehead atoms. The van der Waals surface area contributed by atoms with Crippen LogP contribution in [0.25, 0.3) is 0 Å². The van der Waals surface area contributed by atoms with Gasteiger partial charge >= 0.3 is 11.4 Å². The van der Waals surface area contributed by atoms with E-state index in [1.807, 2.05) is 6.92 Å². The lowest BCUT2D eigenvalue weighted by atomic mass is 9.95. The van der Waals surface area contributed by atoms with E-state index in [1.54, 1.807) is 13.8 Å². The average molecular weight is 254 g/mol. The molecule has 0 heterocycles. The Morgan fingerprint density at radius 2 is 2.00 bits per heavy atom.